The van der Waals surface area contributed by atoms with Gasteiger partial charge in [0.1, 0.15) is 11.7 Å². The van der Waals surface area contributed by atoms with Crippen LogP contribution in [0, 0.1) is 0 Å². The van der Waals surface area contributed by atoms with Crippen LogP contribution in [0.3, 0.4) is 0 Å². The van der Waals surface area contributed by atoms with Crippen LogP contribution in [0.4, 0.5) is 11.4 Å². The summed E-state index contributed by atoms with van der Waals surface area (Å²) in [6.07, 6.45) is 1.31. The van der Waals surface area contributed by atoms with Crippen LogP contribution in [0.1, 0.15) is 16.8 Å². The van der Waals surface area contributed by atoms with Crippen LogP contribution in [0.25, 0.3) is 0 Å². The lowest BCUT2D eigenvalue weighted by Crippen LogP contribution is -2.43. The summed E-state index contributed by atoms with van der Waals surface area (Å²) in [6, 6.07) is 8.95. The number of pyridine rings is 1. The molecule has 1 aromatic heterocycles. The van der Waals surface area contributed by atoms with E-state index in [1.807, 2.05) is 0 Å². The fourth-order valence-corrected chi connectivity index (χ4v) is 2.49. The van der Waals surface area contributed by atoms with E-state index in [1.54, 1.807) is 36.4 Å². The molecule has 25 heavy (non-hydrogen) atoms. The standard InChI is InChI=1S/C17H16N4O4/c1-25-17-12(7-4-8-18-17)19-14(22)9-13-16(24)20-11-6-3-2-5-10(11)15(23)21-13/h2-8,13H,9H2,1H3,(H,19,22)(H,20,24)(H,21,23). The number of aromatic nitrogens is 1. The molecule has 3 N–H and O–H groups in total. The van der Waals surface area contributed by atoms with Crippen molar-refractivity contribution in [3.63, 3.8) is 0 Å². The van der Waals surface area contributed by atoms with Gasteiger partial charge in [-0.05, 0) is 24.3 Å². The van der Waals surface area contributed by atoms with Crippen molar-refractivity contribution in [1.29, 1.82) is 0 Å². The first kappa shape index (κ1) is 16.4. The van der Waals surface area contributed by atoms with Gasteiger partial charge in [-0.3, -0.25) is 14.4 Å². The maximum absolute atomic E-state index is 12.3. The van der Waals surface area contributed by atoms with Crippen LogP contribution in [-0.4, -0.2) is 35.9 Å². The van der Waals surface area contributed by atoms with Crippen molar-refractivity contribution in [2.24, 2.45) is 0 Å². The zero-order valence-electron chi connectivity index (χ0n) is 13.4. The molecule has 1 aromatic carbocycles. The number of methoxy groups -OCH3 is 1. The van der Waals surface area contributed by atoms with Gasteiger partial charge in [0, 0.05) is 6.20 Å². The molecule has 0 radical (unpaired) electrons. The molecule has 1 atom stereocenters. The molecule has 0 aliphatic carbocycles. The molecule has 1 unspecified atom stereocenters. The van der Waals surface area contributed by atoms with Gasteiger partial charge in [-0.25, -0.2) is 4.98 Å². The highest BCUT2D eigenvalue weighted by Gasteiger charge is 2.29. The van der Waals surface area contributed by atoms with Gasteiger partial charge in [0.25, 0.3) is 5.91 Å². The fourth-order valence-electron chi connectivity index (χ4n) is 2.49. The number of carbonyl (C=O) groups is 3. The second kappa shape index (κ2) is 7.00. The molecular weight excluding hydrogens is 324 g/mol. The van der Waals surface area contributed by atoms with Crippen LogP contribution in [0.15, 0.2) is 42.6 Å². The first-order valence-corrected chi connectivity index (χ1v) is 7.58. The number of rotatable bonds is 4. The molecule has 3 rings (SSSR count). The highest BCUT2D eigenvalue weighted by atomic mass is 16.5. The van der Waals surface area contributed by atoms with E-state index in [1.165, 1.54) is 13.3 Å². The smallest absolute Gasteiger partial charge is 0.254 e. The molecule has 0 saturated heterocycles. The van der Waals surface area contributed by atoms with Crippen LogP contribution in [-0.2, 0) is 9.59 Å². The third kappa shape index (κ3) is 3.57. The highest BCUT2D eigenvalue weighted by molar-refractivity contribution is 6.11. The molecule has 2 heterocycles. The number of nitrogens with one attached hydrogen (secondary N) is 3. The van der Waals surface area contributed by atoms with Crippen molar-refractivity contribution in [3.8, 4) is 5.88 Å². The maximum Gasteiger partial charge on any atom is 0.254 e. The van der Waals surface area contributed by atoms with Crippen molar-refractivity contribution in [3.05, 3.63) is 48.2 Å². The number of benzene rings is 1. The second-order valence-electron chi connectivity index (χ2n) is 5.37. The van der Waals surface area contributed by atoms with Crippen molar-refractivity contribution >= 4 is 29.1 Å². The van der Waals surface area contributed by atoms with E-state index in [0.29, 0.717) is 16.9 Å². The first-order valence-electron chi connectivity index (χ1n) is 7.58. The lowest BCUT2D eigenvalue weighted by Gasteiger charge is -2.15. The number of hydrogen-bond acceptors (Lipinski definition) is 5. The summed E-state index contributed by atoms with van der Waals surface area (Å²) in [5.41, 5.74) is 1.16. The molecule has 8 heteroatoms. The van der Waals surface area contributed by atoms with Crippen molar-refractivity contribution in [2.45, 2.75) is 12.5 Å². The van der Waals surface area contributed by atoms with Crippen LogP contribution >= 0.6 is 0 Å². The largest absolute Gasteiger partial charge is 0.480 e. The van der Waals surface area contributed by atoms with Crippen LogP contribution in [0.2, 0.25) is 0 Å². The van der Waals surface area contributed by atoms with E-state index in [0.717, 1.165) is 0 Å². The minimum absolute atomic E-state index is 0.219. The summed E-state index contributed by atoms with van der Waals surface area (Å²) in [5, 5.41) is 7.85. The van der Waals surface area contributed by atoms with E-state index >= 15 is 0 Å². The number of carbonyl (C=O) groups excluding carboxylic acids is 3. The van der Waals surface area contributed by atoms with Gasteiger partial charge in [-0.2, -0.15) is 0 Å². The molecule has 2 aromatic rings. The molecule has 1 aliphatic heterocycles. The predicted octanol–water partition coefficient (Wildman–Crippen LogP) is 1.17. The first-order chi connectivity index (χ1) is 12.1. The monoisotopic (exact) mass is 340 g/mol. The summed E-state index contributed by atoms with van der Waals surface area (Å²) in [6.45, 7) is 0. The Balaban J connectivity index is 1.71. The van der Waals surface area contributed by atoms with Crippen molar-refractivity contribution < 1.29 is 19.1 Å². The lowest BCUT2D eigenvalue weighted by molar-refractivity contribution is -0.122. The number of nitrogens with zero attached hydrogens (tertiary/aromatic N) is 1. The normalized spacial score (nSPS) is 16.1. The van der Waals surface area contributed by atoms with E-state index in [2.05, 4.69) is 20.9 Å². The molecule has 0 bridgehead atoms. The van der Waals surface area contributed by atoms with E-state index < -0.39 is 23.8 Å². The Bertz CT molecular complexity index is 837. The van der Waals surface area contributed by atoms with Gasteiger partial charge in [0.05, 0.1) is 24.8 Å². The third-order valence-electron chi connectivity index (χ3n) is 3.68. The Labute approximate surface area is 143 Å². The average molecular weight is 340 g/mol. The topological polar surface area (TPSA) is 109 Å². The van der Waals surface area contributed by atoms with Gasteiger partial charge in [0.15, 0.2) is 0 Å². The second-order valence-corrected chi connectivity index (χ2v) is 5.37. The van der Waals surface area contributed by atoms with Crippen LogP contribution in [0.5, 0.6) is 5.88 Å². The zero-order chi connectivity index (χ0) is 17.8. The highest BCUT2D eigenvalue weighted by Crippen LogP contribution is 2.21. The van der Waals surface area contributed by atoms with Crippen LogP contribution < -0.4 is 20.7 Å². The van der Waals surface area contributed by atoms with Crippen molar-refractivity contribution in [2.75, 3.05) is 17.7 Å². The lowest BCUT2D eigenvalue weighted by atomic mass is 10.1. The summed E-state index contributed by atoms with van der Waals surface area (Å²) < 4.78 is 5.06. The predicted molar refractivity (Wildman–Crippen MR) is 90.4 cm³/mol. The van der Waals surface area contributed by atoms with Crippen molar-refractivity contribution in [1.82, 2.24) is 10.3 Å². The Morgan fingerprint density at radius 3 is 2.84 bits per heavy atom. The minimum atomic E-state index is -0.984. The summed E-state index contributed by atoms with van der Waals surface area (Å²) >= 11 is 0. The molecular formula is C17H16N4O4. The van der Waals surface area contributed by atoms with Gasteiger partial charge >= 0.3 is 0 Å². The number of anilines is 2. The summed E-state index contributed by atoms with van der Waals surface area (Å²) in [4.78, 5) is 40.8. The molecule has 0 fully saturated rings. The Hall–Kier alpha value is -3.42. The molecule has 0 spiro atoms. The van der Waals surface area contributed by atoms with Gasteiger partial charge in [0.2, 0.25) is 17.7 Å². The fraction of sp³-hybridized carbons (Fsp3) is 0.176. The number of hydrogen-bond donors (Lipinski definition) is 3. The number of ether oxygens (including phenoxy) is 1. The maximum atomic E-state index is 12.3. The summed E-state index contributed by atoms with van der Waals surface area (Å²) in [5.74, 6) is -1.05. The summed E-state index contributed by atoms with van der Waals surface area (Å²) in [7, 11) is 1.44. The molecule has 3 amide bonds. The average Bonchev–Trinajstić information content (AvgIpc) is 2.72. The van der Waals surface area contributed by atoms with Gasteiger partial charge < -0.3 is 20.7 Å². The van der Waals surface area contributed by atoms with E-state index in [9.17, 15) is 14.4 Å². The SMILES string of the molecule is COc1ncccc1NC(=O)CC1NC(=O)c2ccccc2NC1=O. The number of amides is 3. The molecule has 1 aliphatic rings. The number of fused-ring (bicyclic) bond motifs is 1. The van der Waals surface area contributed by atoms with Gasteiger partial charge in [-0.15, -0.1) is 0 Å². The minimum Gasteiger partial charge on any atom is -0.480 e. The third-order valence-corrected chi connectivity index (χ3v) is 3.68. The molecule has 128 valence electrons. The van der Waals surface area contributed by atoms with Gasteiger partial charge in [-0.1, -0.05) is 12.1 Å². The number of para-hydroxylation sites is 1. The Kier molecular flexibility index (Phi) is 4.60. The quantitative estimate of drug-likeness (QED) is 0.774. The molecule has 8 nitrogen and oxygen atoms in total. The Morgan fingerprint density at radius 1 is 1.24 bits per heavy atom. The van der Waals surface area contributed by atoms with E-state index in [4.69, 9.17) is 4.74 Å². The zero-order valence-corrected chi connectivity index (χ0v) is 13.4. The van der Waals surface area contributed by atoms with E-state index in [-0.39, 0.29) is 12.3 Å². The molecule has 0 saturated carbocycles. The Morgan fingerprint density at radius 2 is 2.04 bits per heavy atom.